The first-order valence-corrected chi connectivity index (χ1v) is 9.23. The molecule has 1 amide bonds. The van der Waals surface area contributed by atoms with E-state index in [-0.39, 0.29) is 18.1 Å². The lowest BCUT2D eigenvalue weighted by atomic mass is 10.1. The van der Waals surface area contributed by atoms with Crippen molar-refractivity contribution in [1.82, 2.24) is 14.9 Å². The number of aromatic amines is 1. The van der Waals surface area contributed by atoms with E-state index in [9.17, 15) is 14.7 Å². The van der Waals surface area contributed by atoms with Crippen molar-refractivity contribution in [2.45, 2.75) is 6.54 Å². The van der Waals surface area contributed by atoms with Gasteiger partial charge in [-0.25, -0.2) is 4.98 Å². The van der Waals surface area contributed by atoms with Crippen molar-refractivity contribution in [2.75, 3.05) is 14.2 Å². The summed E-state index contributed by atoms with van der Waals surface area (Å²) in [5.41, 5.74) is 0.0160. The van der Waals surface area contributed by atoms with E-state index in [0.29, 0.717) is 21.4 Å². The van der Waals surface area contributed by atoms with E-state index >= 15 is 0 Å². The smallest absolute Gasteiger partial charge is 0.294 e. The molecule has 1 heterocycles. The highest BCUT2D eigenvalue weighted by Gasteiger charge is 2.23. The molecule has 2 aromatic carbocycles. The zero-order chi connectivity index (χ0) is 21.1. The van der Waals surface area contributed by atoms with Crippen LogP contribution in [0.5, 0.6) is 11.5 Å². The summed E-state index contributed by atoms with van der Waals surface area (Å²) in [6.45, 7) is 0.174. The van der Waals surface area contributed by atoms with Gasteiger partial charge in [0.05, 0.1) is 22.7 Å². The van der Waals surface area contributed by atoms with Gasteiger partial charge in [0.15, 0.2) is 5.69 Å². The molecule has 3 aromatic rings. The molecule has 0 fully saturated rings. The summed E-state index contributed by atoms with van der Waals surface area (Å²) in [5.74, 6) is -0.814. The van der Waals surface area contributed by atoms with Crippen molar-refractivity contribution in [3.8, 4) is 22.9 Å². The predicted octanol–water partition coefficient (Wildman–Crippen LogP) is 3.73. The summed E-state index contributed by atoms with van der Waals surface area (Å²) in [4.78, 5) is 33.0. The van der Waals surface area contributed by atoms with Crippen LogP contribution in [0.4, 0.5) is 0 Å². The third-order valence-electron chi connectivity index (χ3n) is 4.21. The van der Waals surface area contributed by atoms with Crippen LogP contribution in [0.2, 0.25) is 10.0 Å². The van der Waals surface area contributed by atoms with Crippen molar-refractivity contribution in [2.24, 2.45) is 0 Å². The molecule has 3 rings (SSSR count). The second-order valence-electron chi connectivity index (χ2n) is 6.22. The third kappa shape index (κ3) is 4.36. The molecule has 0 unspecified atom stereocenters. The Balaban J connectivity index is 1.96. The maximum absolute atomic E-state index is 12.9. The Labute approximate surface area is 176 Å². The van der Waals surface area contributed by atoms with Crippen molar-refractivity contribution < 1.29 is 14.6 Å². The second kappa shape index (κ2) is 8.55. The van der Waals surface area contributed by atoms with Crippen LogP contribution < -0.4 is 10.3 Å². The lowest BCUT2D eigenvalue weighted by Gasteiger charge is -2.18. The van der Waals surface area contributed by atoms with E-state index < -0.39 is 17.2 Å². The van der Waals surface area contributed by atoms with E-state index in [1.807, 2.05) is 0 Å². The number of nitrogens with zero attached hydrogens (tertiary/aromatic N) is 2. The van der Waals surface area contributed by atoms with Crippen LogP contribution in [0.1, 0.15) is 16.1 Å². The Morgan fingerprint density at radius 1 is 1.21 bits per heavy atom. The van der Waals surface area contributed by atoms with Gasteiger partial charge in [-0.1, -0.05) is 41.4 Å². The number of ether oxygens (including phenoxy) is 1. The van der Waals surface area contributed by atoms with Crippen LogP contribution >= 0.6 is 23.2 Å². The van der Waals surface area contributed by atoms with E-state index in [1.165, 1.54) is 19.1 Å². The molecule has 2 N–H and O–H groups in total. The van der Waals surface area contributed by atoms with Gasteiger partial charge in [0.1, 0.15) is 11.6 Å². The Morgan fingerprint density at radius 3 is 2.62 bits per heavy atom. The number of carbonyl (C=O) groups excluding carboxylic acids is 1. The van der Waals surface area contributed by atoms with Gasteiger partial charge in [0.2, 0.25) is 5.75 Å². The van der Waals surface area contributed by atoms with Crippen LogP contribution in [0, 0.1) is 0 Å². The van der Waals surface area contributed by atoms with E-state index in [4.69, 9.17) is 27.9 Å². The fourth-order valence-electron chi connectivity index (χ4n) is 2.75. The molecule has 9 heteroatoms. The third-order valence-corrected chi connectivity index (χ3v) is 4.95. The minimum atomic E-state index is -0.827. The van der Waals surface area contributed by atoms with Gasteiger partial charge in [0.25, 0.3) is 11.5 Å². The number of rotatable bonds is 5. The van der Waals surface area contributed by atoms with Crippen molar-refractivity contribution >= 4 is 29.1 Å². The average Bonchev–Trinajstić information content (AvgIpc) is 2.72. The molecule has 0 bridgehead atoms. The summed E-state index contributed by atoms with van der Waals surface area (Å²) >= 11 is 11.9. The Kier molecular flexibility index (Phi) is 6.10. The number of aromatic hydroxyl groups is 1. The minimum Gasteiger partial charge on any atom is -0.501 e. The predicted molar refractivity (Wildman–Crippen MR) is 111 cm³/mol. The number of amides is 1. The van der Waals surface area contributed by atoms with Gasteiger partial charge in [-0.3, -0.25) is 9.59 Å². The first-order valence-electron chi connectivity index (χ1n) is 8.48. The number of hydrogen-bond donors (Lipinski definition) is 2. The Hall–Kier alpha value is -3.03. The largest absolute Gasteiger partial charge is 0.501 e. The monoisotopic (exact) mass is 433 g/mol. The molecule has 0 atom stereocenters. The second-order valence-corrected chi connectivity index (χ2v) is 7.04. The molecule has 0 saturated heterocycles. The lowest BCUT2D eigenvalue weighted by molar-refractivity contribution is 0.0775. The molecule has 0 spiro atoms. The van der Waals surface area contributed by atoms with E-state index in [0.717, 1.165) is 5.56 Å². The molecular formula is C20H17Cl2N3O4. The Morgan fingerprint density at radius 2 is 1.93 bits per heavy atom. The summed E-state index contributed by atoms with van der Waals surface area (Å²) in [7, 11) is 3.00. The SMILES string of the molecule is COc1ccccc1-c1nc(C(=O)N(C)Cc2ccc(Cl)c(Cl)c2)c(O)c(=O)[nH]1. The van der Waals surface area contributed by atoms with Gasteiger partial charge < -0.3 is 19.7 Å². The molecule has 0 aliphatic rings. The summed E-state index contributed by atoms with van der Waals surface area (Å²) in [5, 5.41) is 10.9. The summed E-state index contributed by atoms with van der Waals surface area (Å²) in [6, 6.07) is 11.9. The normalized spacial score (nSPS) is 10.6. The first kappa shape index (κ1) is 20.7. The zero-order valence-electron chi connectivity index (χ0n) is 15.6. The van der Waals surface area contributed by atoms with Crippen molar-refractivity contribution in [3.63, 3.8) is 0 Å². The first-order chi connectivity index (χ1) is 13.8. The van der Waals surface area contributed by atoms with Gasteiger partial charge in [-0.05, 0) is 29.8 Å². The molecule has 1 aromatic heterocycles. The quantitative estimate of drug-likeness (QED) is 0.638. The molecule has 0 aliphatic carbocycles. The van der Waals surface area contributed by atoms with Crippen molar-refractivity contribution in [1.29, 1.82) is 0 Å². The lowest BCUT2D eigenvalue weighted by Crippen LogP contribution is -2.29. The minimum absolute atomic E-state index is 0.108. The highest BCUT2D eigenvalue weighted by Crippen LogP contribution is 2.28. The maximum atomic E-state index is 12.9. The number of hydrogen-bond acceptors (Lipinski definition) is 5. The highest BCUT2D eigenvalue weighted by molar-refractivity contribution is 6.42. The molecule has 0 saturated carbocycles. The van der Waals surface area contributed by atoms with E-state index in [2.05, 4.69) is 9.97 Å². The molecule has 29 heavy (non-hydrogen) atoms. The number of carbonyl (C=O) groups is 1. The molecule has 0 aliphatic heterocycles. The average molecular weight is 434 g/mol. The number of benzene rings is 2. The van der Waals surface area contributed by atoms with Gasteiger partial charge in [-0.15, -0.1) is 0 Å². The standard InChI is InChI=1S/C20H17Cl2N3O4/c1-25(10-11-7-8-13(21)14(22)9-11)20(28)16-17(26)19(27)24-18(23-16)12-5-3-4-6-15(12)29-2/h3-9,26H,10H2,1-2H3,(H,23,24,27). The Bertz CT molecular complexity index is 1130. The van der Waals surface area contributed by atoms with Gasteiger partial charge in [0, 0.05) is 13.6 Å². The van der Waals surface area contributed by atoms with Gasteiger partial charge in [-0.2, -0.15) is 0 Å². The maximum Gasteiger partial charge on any atom is 0.294 e. The number of H-pyrrole nitrogens is 1. The van der Waals surface area contributed by atoms with Gasteiger partial charge >= 0.3 is 0 Å². The molecule has 7 nitrogen and oxygen atoms in total. The molecule has 150 valence electrons. The fourth-order valence-corrected chi connectivity index (χ4v) is 3.07. The number of para-hydroxylation sites is 1. The highest BCUT2D eigenvalue weighted by atomic mass is 35.5. The number of methoxy groups -OCH3 is 1. The van der Waals surface area contributed by atoms with Crippen LogP contribution in [0.15, 0.2) is 47.3 Å². The fraction of sp³-hybridized carbons (Fsp3) is 0.150. The molecule has 0 radical (unpaired) electrons. The van der Waals surface area contributed by atoms with Crippen LogP contribution in [-0.4, -0.2) is 40.0 Å². The summed E-state index contributed by atoms with van der Waals surface area (Å²) in [6.07, 6.45) is 0. The van der Waals surface area contributed by atoms with Crippen molar-refractivity contribution in [3.05, 3.63) is 74.1 Å². The zero-order valence-corrected chi connectivity index (χ0v) is 17.1. The number of aromatic nitrogens is 2. The van der Waals surface area contributed by atoms with E-state index in [1.54, 1.807) is 42.5 Å². The summed E-state index contributed by atoms with van der Waals surface area (Å²) < 4.78 is 5.27. The topological polar surface area (TPSA) is 95.5 Å². The molecular weight excluding hydrogens is 417 g/mol. The number of nitrogens with one attached hydrogen (secondary N) is 1. The number of halogens is 2. The van der Waals surface area contributed by atoms with Crippen LogP contribution in [0.25, 0.3) is 11.4 Å². The van der Waals surface area contributed by atoms with Crippen LogP contribution in [0.3, 0.4) is 0 Å². The van der Waals surface area contributed by atoms with Crippen LogP contribution in [-0.2, 0) is 6.54 Å².